The lowest BCUT2D eigenvalue weighted by Gasteiger charge is -2.11. The van der Waals surface area contributed by atoms with Crippen molar-refractivity contribution in [3.8, 4) is 0 Å². The minimum absolute atomic E-state index is 0.0840. The fourth-order valence-electron chi connectivity index (χ4n) is 3.36. The molecule has 1 amide bonds. The molecule has 0 unspecified atom stereocenters. The largest absolute Gasteiger partial charge is 0.422 e. The summed E-state index contributed by atoms with van der Waals surface area (Å²) in [4.78, 5) is 24.6. The maximum Gasteiger partial charge on any atom is 0.349 e. The molecule has 0 saturated heterocycles. The highest BCUT2D eigenvalue weighted by Crippen LogP contribution is 2.25. The van der Waals surface area contributed by atoms with Crippen molar-refractivity contribution in [2.75, 3.05) is 0 Å². The highest BCUT2D eigenvalue weighted by molar-refractivity contribution is 6.07. The molecule has 1 N–H and O–H groups in total. The molecule has 1 aliphatic carbocycles. The summed E-state index contributed by atoms with van der Waals surface area (Å²) in [6.07, 6.45) is 4.21. The van der Waals surface area contributed by atoms with Gasteiger partial charge in [0.25, 0.3) is 5.91 Å². The molecule has 4 rings (SSSR count). The van der Waals surface area contributed by atoms with Gasteiger partial charge in [0.05, 0.1) is 0 Å². The number of fused-ring (bicyclic) bond motifs is 3. The van der Waals surface area contributed by atoms with Gasteiger partial charge >= 0.3 is 5.63 Å². The number of amides is 1. The molecule has 3 aromatic rings. The van der Waals surface area contributed by atoms with Crippen molar-refractivity contribution in [1.82, 2.24) is 5.32 Å². The molecule has 1 aliphatic rings. The number of nitrogens with one attached hydrogen (secondary N) is 1. The predicted octanol–water partition coefficient (Wildman–Crippen LogP) is 3.62. The van der Waals surface area contributed by atoms with Gasteiger partial charge in [0, 0.05) is 11.4 Å². The lowest BCUT2D eigenvalue weighted by Crippen LogP contribution is -2.35. The van der Waals surface area contributed by atoms with Gasteiger partial charge < -0.3 is 9.73 Å². The highest BCUT2D eigenvalue weighted by atomic mass is 16.4. The predicted molar refractivity (Wildman–Crippen MR) is 89.7 cm³/mol. The van der Waals surface area contributed by atoms with Gasteiger partial charge in [0.1, 0.15) is 11.1 Å². The molecule has 0 bridgehead atoms. The smallest absolute Gasteiger partial charge is 0.349 e. The maximum absolute atomic E-state index is 12.4. The Labute approximate surface area is 133 Å². The quantitative estimate of drug-likeness (QED) is 0.581. The standard InChI is InChI=1S/C19H17NO3/c21-18(20-13-6-2-3-7-13)16-11-15-14-8-4-1-5-12(14)9-10-17(15)23-19(16)22/h1,4-5,8-11,13H,2-3,6-7H2,(H,20,21). The van der Waals surface area contributed by atoms with E-state index in [1.54, 1.807) is 12.1 Å². The van der Waals surface area contributed by atoms with Crippen molar-refractivity contribution >= 4 is 27.6 Å². The van der Waals surface area contributed by atoms with Gasteiger partial charge in [-0.1, -0.05) is 43.2 Å². The first-order chi connectivity index (χ1) is 11.2. The zero-order valence-electron chi connectivity index (χ0n) is 12.7. The zero-order valence-corrected chi connectivity index (χ0v) is 12.7. The number of hydrogen-bond donors (Lipinski definition) is 1. The second kappa shape index (κ2) is 5.54. The number of hydrogen-bond acceptors (Lipinski definition) is 3. The molecule has 4 nitrogen and oxygen atoms in total. The van der Waals surface area contributed by atoms with Crippen LogP contribution in [0.5, 0.6) is 0 Å². The Morgan fingerprint density at radius 1 is 1.04 bits per heavy atom. The third-order valence-corrected chi connectivity index (χ3v) is 4.58. The van der Waals surface area contributed by atoms with E-state index in [0.717, 1.165) is 41.8 Å². The summed E-state index contributed by atoms with van der Waals surface area (Å²) in [5, 5.41) is 5.77. The van der Waals surface area contributed by atoms with Crippen LogP contribution in [0.4, 0.5) is 0 Å². The fraction of sp³-hybridized carbons (Fsp3) is 0.263. The van der Waals surface area contributed by atoms with Crippen LogP contribution < -0.4 is 10.9 Å². The van der Waals surface area contributed by atoms with Gasteiger partial charge in [-0.05, 0) is 35.7 Å². The lowest BCUT2D eigenvalue weighted by molar-refractivity contribution is 0.0934. The van der Waals surface area contributed by atoms with E-state index in [0.29, 0.717) is 5.58 Å². The van der Waals surface area contributed by atoms with E-state index < -0.39 is 5.63 Å². The van der Waals surface area contributed by atoms with Crippen LogP contribution >= 0.6 is 0 Å². The van der Waals surface area contributed by atoms with Gasteiger partial charge in [-0.2, -0.15) is 0 Å². The van der Waals surface area contributed by atoms with E-state index in [1.165, 1.54) is 0 Å². The summed E-state index contributed by atoms with van der Waals surface area (Å²) in [5.41, 5.74) is 0.00940. The highest BCUT2D eigenvalue weighted by Gasteiger charge is 2.21. The first-order valence-corrected chi connectivity index (χ1v) is 7.99. The minimum Gasteiger partial charge on any atom is -0.422 e. The molecule has 23 heavy (non-hydrogen) atoms. The van der Waals surface area contributed by atoms with Crippen LogP contribution in [0.1, 0.15) is 36.0 Å². The Morgan fingerprint density at radius 2 is 1.83 bits per heavy atom. The Morgan fingerprint density at radius 3 is 2.65 bits per heavy atom. The molecule has 116 valence electrons. The molecule has 4 heteroatoms. The van der Waals surface area contributed by atoms with Crippen LogP contribution in [0.25, 0.3) is 21.7 Å². The number of rotatable bonds is 2. The summed E-state index contributed by atoms with van der Waals surface area (Å²) in [6.45, 7) is 0. The molecule has 1 heterocycles. The number of benzene rings is 2. The second-order valence-electron chi connectivity index (χ2n) is 6.10. The molecule has 1 fully saturated rings. The molecule has 1 aromatic heterocycles. The summed E-state index contributed by atoms with van der Waals surface area (Å²) in [6, 6.07) is 13.4. The Bertz CT molecular complexity index is 952. The Hall–Kier alpha value is -2.62. The van der Waals surface area contributed by atoms with Crippen molar-refractivity contribution in [3.05, 3.63) is 58.4 Å². The zero-order chi connectivity index (χ0) is 15.8. The van der Waals surface area contributed by atoms with Gasteiger partial charge in [-0.3, -0.25) is 4.79 Å². The number of carbonyl (C=O) groups is 1. The minimum atomic E-state index is -0.580. The SMILES string of the molecule is O=C(NC1CCCC1)c1cc2c(ccc3ccccc32)oc1=O. The lowest BCUT2D eigenvalue weighted by atomic mass is 10.0. The topological polar surface area (TPSA) is 59.3 Å². The van der Waals surface area contributed by atoms with Gasteiger partial charge in [0.15, 0.2) is 0 Å². The van der Waals surface area contributed by atoms with E-state index in [4.69, 9.17) is 4.42 Å². The van der Waals surface area contributed by atoms with E-state index in [2.05, 4.69) is 5.32 Å². The van der Waals surface area contributed by atoms with Crippen LogP contribution in [0.2, 0.25) is 0 Å². The average Bonchev–Trinajstić information content (AvgIpc) is 3.07. The third-order valence-electron chi connectivity index (χ3n) is 4.58. The van der Waals surface area contributed by atoms with E-state index in [1.807, 2.05) is 30.3 Å². The van der Waals surface area contributed by atoms with E-state index in [-0.39, 0.29) is 17.5 Å². The first-order valence-electron chi connectivity index (χ1n) is 7.99. The van der Waals surface area contributed by atoms with Crippen molar-refractivity contribution in [2.45, 2.75) is 31.7 Å². The van der Waals surface area contributed by atoms with Crippen LogP contribution in [-0.2, 0) is 0 Å². The van der Waals surface area contributed by atoms with Crippen LogP contribution in [0.3, 0.4) is 0 Å². The monoisotopic (exact) mass is 307 g/mol. The summed E-state index contributed by atoms with van der Waals surface area (Å²) < 4.78 is 5.37. The molecule has 0 aliphatic heterocycles. The average molecular weight is 307 g/mol. The fourth-order valence-corrected chi connectivity index (χ4v) is 3.36. The first kappa shape index (κ1) is 14.0. The molecular weight excluding hydrogens is 290 g/mol. The maximum atomic E-state index is 12.4. The van der Waals surface area contributed by atoms with Crippen LogP contribution in [0.15, 0.2) is 51.7 Å². The van der Waals surface area contributed by atoms with Gasteiger partial charge in [0.2, 0.25) is 0 Å². The van der Waals surface area contributed by atoms with Gasteiger partial charge in [-0.15, -0.1) is 0 Å². The van der Waals surface area contributed by atoms with Crippen molar-refractivity contribution in [1.29, 1.82) is 0 Å². The summed E-state index contributed by atoms with van der Waals surface area (Å²) in [7, 11) is 0. The molecule has 0 atom stereocenters. The summed E-state index contributed by atoms with van der Waals surface area (Å²) >= 11 is 0. The van der Waals surface area contributed by atoms with Crippen LogP contribution in [0, 0.1) is 0 Å². The Kier molecular flexibility index (Phi) is 3.37. The molecular formula is C19H17NO3. The van der Waals surface area contributed by atoms with E-state index >= 15 is 0 Å². The van der Waals surface area contributed by atoms with Crippen LogP contribution in [-0.4, -0.2) is 11.9 Å². The summed E-state index contributed by atoms with van der Waals surface area (Å²) in [5.74, 6) is -0.333. The molecule has 0 spiro atoms. The molecule has 2 aromatic carbocycles. The molecule has 1 saturated carbocycles. The normalized spacial score (nSPS) is 15.3. The molecule has 0 radical (unpaired) electrons. The third kappa shape index (κ3) is 2.50. The van der Waals surface area contributed by atoms with Gasteiger partial charge in [-0.25, -0.2) is 4.79 Å². The van der Waals surface area contributed by atoms with Crippen molar-refractivity contribution < 1.29 is 9.21 Å². The second-order valence-corrected chi connectivity index (χ2v) is 6.10. The van der Waals surface area contributed by atoms with Crippen molar-refractivity contribution in [3.63, 3.8) is 0 Å². The Balaban J connectivity index is 1.82. The van der Waals surface area contributed by atoms with E-state index in [9.17, 15) is 9.59 Å². The van der Waals surface area contributed by atoms with Crippen molar-refractivity contribution in [2.24, 2.45) is 0 Å². The number of carbonyl (C=O) groups excluding carboxylic acids is 1.